The lowest BCUT2D eigenvalue weighted by atomic mass is 10.3. The first-order chi connectivity index (χ1) is 7.66. The highest BCUT2D eigenvalue weighted by molar-refractivity contribution is 9.11. The van der Waals surface area contributed by atoms with E-state index in [1.165, 1.54) is 6.26 Å². The Morgan fingerprint density at radius 3 is 2.88 bits per heavy atom. The summed E-state index contributed by atoms with van der Waals surface area (Å²) in [5, 5.41) is 2.88. The Hall–Kier alpha value is -0.780. The predicted molar refractivity (Wildman–Crippen MR) is 66.9 cm³/mol. The van der Waals surface area contributed by atoms with Gasteiger partial charge in [-0.25, -0.2) is 0 Å². The van der Waals surface area contributed by atoms with E-state index in [2.05, 4.69) is 21.2 Å². The normalized spacial score (nSPS) is 10.4. The number of carbonyl (C=O) groups excluding carboxylic acids is 1. The number of nitrogens with one attached hydrogen (secondary N) is 1. The van der Waals surface area contributed by atoms with Crippen LogP contribution in [0.4, 0.5) is 0 Å². The summed E-state index contributed by atoms with van der Waals surface area (Å²) in [5.74, 6) is -0.233. The standard InChI is InChI=1S/C10H7BrClNO2S/c11-8-2-1-6(16-8)5-13-10(14)7-3-4-15-9(7)12/h1-4H,5H2,(H,13,14). The smallest absolute Gasteiger partial charge is 0.256 e. The number of hydrogen-bond donors (Lipinski definition) is 1. The van der Waals surface area contributed by atoms with Crippen molar-refractivity contribution < 1.29 is 9.21 Å². The Balaban J connectivity index is 1.96. The first kappa shape index (κ1) is 11.7. The lowest BCUT2D eigenvalue weighted by molar-refractivity contribution is 0.0951. The molecular formula is C10H7BrClNO2S. The molecule has 0 atom stereocenters. The van der Waals surface area contributed by atoms with Crippen molar-refractivity contribution in [2.45, 2.75) is 6.54 Å². The molecule has 0 bridgehead atoms. The second-order valence-corrected chi connectivity index (χ2v) is 5.89. The van der Waals surface area contributed by atoms with Crippen LogP contribution >= 0.6 is 38.9 Å². The first-order valence-electron chi connectivity index (χ1n) is 4.42. The lowest BCUT2D eigenvalue weighted by Gasteiger charge is -2.01. The second kappa shape index (κ2) is 5.03. The van der Waals surface area contributed by atoms with Gasteiger partial charge in [-0.05, 0) is 45.7 Å². The van der Waals surface area contributed by atoms with Gasteiger partial charge in [-0.2, -0.15) is 0 Å². The molecule has 0 radical (unpaired) electrons. The minimum absolute atomic E-state index is 0.116. The number of rotatable bonds is 3. The number of halogens is 2. The third-order valence-electron chi connectivity index (χ3n) is 1.91. The highest BCUT2D eigenvalue weighted by Crippen LogP contribution is 2.22. The quantitative estimate of drug-likeness (QED) is 0.937. The third kappa shape index (κ3) is 2.66. The van der Waals surface area contributed by atoms with Crippen LogP contribution < -0.4 is 5.32 Å². The van der Waals surface area contributed by atoms with Crippen LogP contribution in [0.25, 0.3) is 0 Å². The maximum atomic E-state index is 11.6. The zero-order valence-corrected chi connectivity index (χ0v) is 11.2. The molecule has 0 saturated heterocycles. The maximum Gasteiger partial charge on any atom is 0.256 e. The van der Waals surface area contributed by atoms with Crippen LogP contribution in [0.1, 0.15) is 15.2 Å². The fourth-order valence-corrected chi connectivity index (χ4v) is 2.79. The molecule has 2 aromatic heterocycles. The van der Waals surface area contributed by atoms with Gasteiger partial charge in [0.2, 0.25) is 5.22 Å². The highest BCUT2D eigenvalue weighted by atomic mass is 79.9. The summed E-state index contributed by atoms with van der Waals surface area (Å²) in [6, 6.07) is 5.44. The molecule has 6 heteroatoms. The monoisotopic (exact) mass is 319 g/mol. The van der Waals surface area contributed by atoms with Crippen molar-refractivity contribution in [3.05, 3.63) is 43.9 Å². The van der Waals surface area contributed by atoms with E-state index in [1.54, 1.807) is 17.4 Å². The molecule has 0 unspecified atom stereocenters. The zero-order chi connectivity index (χ0) is 11.5. The van der Waals surface area contributed by atoms with Gasteiger partial charge in [-0.15, -0.1) is 11.3 Å². The molecule has 0 aliphatic heterocycles. The van der Waals surface area contributed by atoms with E-state index in [9.17, 15) is 4.79 Å². The largest absolute Gasteiger partial charge is 0.452 e. The minimum Gasteiger partial charge on any atom is -0.452 e. The number of carbonyl (C=O) groups is 1. The molecule has 16 heavy (non-hydrogen) atoms. The zero-order valence-electron chi connectivity index (χ0n) is 8.00. The summed E-state index contributed by atoms with van der Waals surface area (Å²) in [4.78, 5) is 12.7. The van der Waals surface area contributed by atoms with E-state index in [-0.39, 0.29) is 11.1 Å². The molecule has 0 fully saturated rings. The Morgan fingerprint density at radius 2 is 2.31 bits per heavy atom. The van der Waals surface area contributed by atoms with Gasteiger partial charge >= 0.3 is 0 Å². The topological polar surface area (TPSA) is 42.2 Å². The fourth-order valence-electron chi connectivity index (χ4n) is 1.17. The van der Waals surface area contributed by atoms with Crippen molar-refractivity contribution in [3.8, 4) is 0 Å². The molecular weight excluding hydrogens is 314 g/mol. The molecule has 1 N–H and O–H groups in total. The average Bonchev–Trinajstić information content (AvgIpc) is 2.84. The van der Waals surface area contributed by atoms with Gasteiger partial charge in [-0.1, -0.05) is 0 Å². The van der Waals surface area contributed by atoms with E-state index in [4.69, 9.17) is 16.0 Å². The van der Waals surface area contributed by atoms with Crippen LogP contribution in [-0.2, 0) is 6.54 Å². The Bertz CT molecular complexity index is 508. The van der Waals surface area contributed by atoms with Crippen molar-refractivity contribution in [1.82, 2.24) is 5.32 Å². The maximum absolute atomic E-state index is 11.6. The molecule has 2 heterocycles. The van der Waals surface area contributed by atoms with Crippen molar-refractivity contribution in [3.63, 3.8) is 0 Å². The van der Waals surface area contributed by atoms with Crippen molar-refractivity contribution in [1.29, 1.82) is 0 Å². The first-order valence-corrected chi connectivity index (χ1v) is 6.41. The van der Waals surface area contributed by atoms with E-state index in [1.807, 2.05) is 12.1 Å². The summed E-state index contributed by atoms with van der Waals surface area (Å²) in [6.07, 6.45) is 1.39. The van der Waals surface area contributed by atoms with Gasteiger partial charge in [0, 0.05) is 4.88 Å². The van der Waals surface area contributed by atoms with Crippen LogP contribution in [-0.4, -0.2) is 5.91 Å². The number of thiophene rings is 1. The van der Waals surface area contributed by atoms with Gasteiger partial charge in [0.1, 0.15) is 0 Å². The van der Waals surface area contributed by atoms with Gasteiger partial charge in [0.05, 0.1) is 22.2 Å². The molecule has 2 aromatic rings. The molecule has 2 rings (SSSR count). The summed E-state index contributed by atoms with van der Waals surface area (Å²) in [7, 11) is 0. The van der Waals surface area contributed by atoms with Crippen LogP contribution in [0.5, 0.6) is 0 Å². The van der Waals surface area contributed by atoms with Crippen molar-refractivity contribution >= 4 is 44.8 Å². The summed E-state index contributed by atoms with van der Waals surface area (Å²) >= 11 is 10.6. The van der Waals surface area contributed by atoms with Crippen molar-refractivity contribution in [2.24, 2.45) is 0 Å². The number of hydrogen-bond acceptors (Lipinski definition) is 3. The SMILES string of the molecule is O=C(NCc1ccc(Br)s1)c1ccoc1Cl. The van der Waals surface area contributed by atoms with Crippen LogP contribution in [0.3, 0.4) is 0 Å². The van der Waals surface area contributed by atoms with E-state index in [0.29, 0.717) is 12.1 Å². The minimum atomic E-state index is -0.233. The number of furan rings is 1. The molecule has 0 aromatic carbocycles. The molecule has 84 valence electrons. The number of amides is 1. The van der Waals surface area contributed by atoms with Crippen molar-refractivity contribution in [2.75, 3.05) is 0 Å². The third-order valence-corrected chi connectivity index (χ3v) is 3.83. The Morgan fingerprint density at radius 1 is 1.50 bits per heavy atom. The van der Waals surface area contributed by atoms with Gasteiger partial charge in [0.25, 0.3) is 5.91 Å². The molecule has 0 aliphatic rings. The molecule has 0 spiro atoms. The summed E-state index contributed by atoms with van der Waals surface area (Å²) in [5.41, 5.74) is 0.359. The second-order valence-electron chi connectivity index (χ2n) is 3.00. The molecule has 3 nitrogen and oxygen atoms in total. The van der Waals surface area contributed by atoms with Gasteiger partial charge < -0.3 is 9.73 Å². The molecule has 0 saturated carbocycles. The average molecular weight is 321 g/mol. The lowest BCUT2D eigenvalue weighted by Crippen LogP contribution is -2.21. The van der Waals surface area contributed by atoms with E-state index >= 15 is 0 Å². The van der Waals surface area contributed by atoms with Gasteiger partial charge in [-0.3, -0.25) is 4.79 Å². The summed E-state index contributed by atoms with van der Waals surface area (Å²) < 4.78 is 5.88. The van der Waals surface area contributed by atoms with E-state index < -0.39 is 0 Å². The Kier molecular flexibility index (Phi) is 3.68. The van der Waals surface area contributed by atoms with Crippen LogP contribution in [0.15, 0.2) is 32.7 Å². The summed E-state index contributed by atoms with van der Waals surface area (Å²) in [6.45, 7) is 0.483. The van der Waals surface area contributed by atoms with Crippen LogP contribution in [0.2, 0.25) is 5.22 Å². The fraction of sp³-hybridized carbons (Fsp3) is 0.100. The predicted octanol–water partition coefficient (Wildman–Crippen LogP) is 3.69. The highest BCUT2D eigenvalue weighted by Gasteiger charge is 2.12. The van der Waals surface area contributed by atoms with E-state index in [0.717, 1.165) is 8.66 Å². The molecule has 1 amide bonds. The Labute approximate surface area is 110 Å². The van der Waals surface area contributed by atoms with Crippen LogP contribution in [0, 0.1) is 0 Å². The van der Waals surface area contributed by atoms with Gasteiger partial charge in [0.15, 0.2) is 0 Å². The molecule has 0 aliphatic carbocycles.